The van der Waals surface area contributed by atoms with Crippen LogP contribution in [0.5, 0.6) is 0 Å². The van der Waals surface area contributed by atoms with Crippen LogP contribution in [0.2, 0.25) is 0 Å². The number of likely N-dealkylation sites (tertiary alicyclic amines) is 1. The van der Waals surface area contributed by atoms with Crippen molar-refractivity contribution in [2.24, 2.45) is 0 Å². The van der Waals surface area contributed by atoms with Gasteiger partial charge >= 0.3 is 0 Å². The van der Waals surface area contributed by atoms with Gasteiger partial charge in [0, 0.05) is 25.2 Å². The molecular weight excluding hydrogens is 284 g/mol. The number of hydrogen-bond donors (Lipinski definition) is 1. The largest absolute Gasteiger partial charge is 0.358 e. The van der Waals surface area contributed by atoms with E-state index in [4.69, 9.17) is 4.74 Å². The zero-order valence-corrected chi connectivity index (χ0v) is 13.9. The maximum absolute atomic E-state index is 6.11. The van der Waals surface area contributed by atoms with Crippen LogP contribution in [0.15, 0.2) is 30.3 Å². The van der Waals surface area contributed by atoms with E-state index in [9.17, 15) is 0 Å². The van der Waals surface area contributed by atoms with Crippen LogP contribution in [0, 0.1) is 0 Å². The minimum absolute atomic E-state index is 0. The molecule has 2 aliphatic heterocycles. The Balaban J connectivity index is 0.00000161. The normalized spacial score (nSPS) is 29.0. The highest BCUT2D eigenvalue weighted by atomic mass is 35.5. The fraction of sp³-hybridized carbons (Fsp3) is 0.647. The van der Waals surface area contributed by atoms with Gasteiger partial charge in [0.15, 0.2) is 0 Å². The number of rotatable bonds is 2. The minimum atomic E-state index is 0. The van der Waals surface area contributed by atoms with Crippen LogP contribution in [0.25, 0.3) is 0 Å². The summed E-state index contributed by atoms with van der Waals surface area (Å²) >= 11 is 0. The number of hydrogen-bond acceptors (Lipinski definition) is 3. The maximum atomic E-state index is 6.11. The average molecular weight is 311 g/mol. The summed E-state index contributed by atoms with van der Waals surface area (Å²) in [6, 6.07) is 10.8. The Labute approximate surface area is 134 Å². The molecule has 0 saturated carbocycles. The van der Waals surface area contributed by atoms with Crippen LogP contribution < -0.4 is 5.32 Å². The molecular formula is C17H27ClN2O. The van der Waals surface area contributed by atoms with Crippen LogP contribution in [0.1, 0.15) is 38.7 Å². The molecule has 3 rings (SSSR count). The van der Waals surface area contributed by atoms with Crippen molar-refractivity contribution < 1.29 is 4.74 Å². The van der Waals surface area contributed by atoms with Crippen molar-refractivity contribution >= 4 is 12.4 Å². The topological polar surface area (TPSA) is 24.5 Å². The molecule has 0 aromatic heterocycles. The zero-order chi connectivity index (χ0) is 14.1. The van der Waals surface area contributed by atoms with E-state index in [0.29, 0.717) is 6.73 Å². The maximum Gasteiger partial charge on any atom is 0.0973 e. The van der Waals surface area contributed by atoms with Crippen LogP contribution in [-0.2, 0) is 11.3 Å². The number of nitrogens with zero attached hydrogens (tertiary/aromatic N) is 1. The smallest absolute Gasteiger partial charge is 0.0973 e. The monoisotopic (exact) mass is 310 g/mol. The van der Waals surface area contributed by atoms with Crippen LogP contribution in [0.3, 0.4) is 0 Å². The summed E-state index contributed by atoms with van der Waals surface area (Å²) in [6.07, 6.45) is 3.53. The van der Waals surface area contributed by atoms with E-state index < -0.39 is 0 Å². The molecule has 4 heteroatoms. The van der Waals surface area contributed by atoms with Crippen LogP contribution in [-0.4, -0.2) is 35.9 Å². The average Bonchev–Trinajstić information content (AvgIpc) is 2.46. The molecule has 2 heterocycles. The molecule has 1 atom stereocenters. The van der Waals surface area contributed by atoms with Crippen molar-refractivity contribution in [1.82, 2.24) is 10.2 Å². The molecule has 21 heavy (non-hydrogen) atoms. The summed E-state index contributed by atoms with van der Waals surface area (Å²) < 4.78 is 6.11. The number of ether oxygens (including phenoxy) is 1. The molecule has 0 radical (unpaired) electrons. The van der Waals surface area contributed by atoms with Crippen molar-refractivity contribution in [2.75, 3.05) is 19.8 Å². The van der Waals surface area contributed by atoms with E-state index in [1.807, 2.05) is 0 Å². The SMILES string of the molecule is CC1(C)CCC2(CCNCO2)CN1Cc1ccccc1.Cl. The molecule has 1 unspecified atom stereocenters. The Morgan fingerprint density at radius 3 is 2.57 bits per heavy atom. The Kier molecular flexibility index (Phi) is 5.31. The van der Waals surface area contributed by atoms with Gasteiger partial charge < -0.3 is 4.74 Å². The first kappa shape index (κ1) is 16.8. The van der Waals surface area contributed by atoms with Crippen LogP contribution in [0.4, 0.5) is 0 Å². The molecule has 1 aromatic carbocycles. The van der Waals surface area contributed by atoms with E-state index >= 15 is 0 Å². The first-order valence-electron chi connectivity index (χ1n) is 7.73. The summed E-state index contributed by atoms with van der Waals surface area (Å²) in [5.74, 6) is 0. The number of piperidine rings is 1. The molecule has 2 aliphatic rings. The Hall–Kier alpha value is -0.610. The predicted molar refractivity (Wildman–Crippen MR) is 88.7 cm³/mol. The fourth-order valence-corrected chi connectivity index (χ4v) is 3.39. The second kappa shape index (κ2) is 6.66. The van der Waals surface area contributed by atoms with Crippen LogP contribution >= 0.6 is 12.4 Å². The summed E-state index contributed by atoms with van der Waals surface area (Å²) in [4.78, 5) is 2.61. The lowest BCUT2D eigenvalue weighted by molar-refractivity contribution is -0.146. The van der Waals surface area contributed by atoms with Crippen molar-refractivity contribution in [3.8, 4) is 0 Å². The number of halogens is 1. The van der Waals surface area contributed by atoms with E-state index in [2.05, 4.69) is 54.4 Å². The number of nitrogens with one attached hydrogen (secondary N) is 1. The highest BCUT2D eigenvalue weighted by molar-refractivity contribution is 5.85. The van der Waals surface area contributed by atoms with E-state index in [0.717, 1.165) is 26.1 Å². The molecule has 2 fully saturated rings. The third kappa shape index (κ3) is 3.78. The molecule has 1 N–H and O–H groups in total. The highest BCUT2D eigenvalue weighted by Crippen LogP contribution is 2.38. The van der Waals surface area contributed by atoms with Crippen molar-refractivity contribution in [3.63, 3.8) is 0 Å². The lowest BCUT2D eigenvalue weighted by Gasteiger charge is -2.52. The summed E-state index contributed by atoms with van der Waals surface area (Å²) in [5.41, 5.74) is 1.73. The molecule has 0 aliphatic carbocycles. The van der Waals surface area contributed by atoms with Crippen molar-refractivity contribution in [3.05, 3.63) is 35.9 Å². The third-order valence-corrected chi connectivity index (χ3v) is 4.98. The van der Waals surface area contributed by atoms with Gasteiger partial charge in [0.1, 0.15) is 0 Å². The van der Waals surface area contributed by atoms with Gasteiger partial charge in [-0.3, -0.25) is 10.2 Å². The van der Waals surface area contributed by atoms with Gasteiger partial charge in [0.25, 0.3) is 0 Å². The molecule has 1 aromatic rings. The van der Waals surface area contributed by atoms with Gasteiger partial charge in [-0.1, -0.05) is 30.3 Å². The summed E-state index contributed by atoms with van der Waals surface area (Å²) in [5, 5.41) is 3.30. The second-order valence-electron chi connectivity index (χ2n) is 6.88. The second-order valence-corrected chi connectivity index (χ2v) is 6.88. The summed E-state index contributed by atoms with van der Waals surface area (Å²) in [6.45, 7) is 8.59. The third-order valence-electron chi connectivity index (χ3n) is 4.98. The lowest BCUT2D eigenvalue weighted by atomic mass is 9.79. The first-order valence-corrected chi connectivity index (χ1v) is 7.73. The Morgan fingerprint density at radius 1 is 1.14 bits per heavy atom. The Bertz CT molecular complexity index is 443. The molecule has 3 nitrogen and oxygen atoms in total. The van der Waals surface area contributed by atoms with Crippen molar-refractivity contribution in [2.45, 2.75) is 50.8 Å². The molecule has 0 amide bonds. The Morgan fingerprint density at radius 2 is 1.90 bits per heavy atom. The molecule has 118 valence electrons. The fourth-order valence-electron chi connectivity index (χ4n) is 3.39. The van der Waals surface area contributed by atoms with Gasteiger partial charge in [0.2, 0.25) is 0 Å². The van der Waals surface area contributed by atoms with Crippen molar-refractivity contribution in [1.29, 1.82) is 0 Å². The van der Waals surface area contributed by atoms with E-state index in [1.165, 1.54) is 18.4 Å². The minimum Gasteiger partial charge on any atom is -0.358 e. The zero-order valence-electron chi connectivity index (χ0n) is 13.1. The quantitative estimate of drug-likeness (QED) is 0.908. The molecule has 0 bridgehead atoms. The molecule has 1 spiro atoms. The standard InChI is InChI=1S/C17H26N2O.ClH/c1-16(2)8-9-17(10-11-18-14-20-17)13-19(16)12-15-6-4-3-5-7-15;/h3-7,18H,8-14H2,1-2H3;1H. The molecule has 2 saturated heterocycles. The van der Waals surface area contributed by atoms with E-state index in [1.54, 1.807) is 0 Å². The predicted octanol–water partition coefficient (Wildman–Crippen LogP) is 3.19. The van der Waals surface area contributed by atoms with Gasteiger partial charge in [0.05, 0.1) is 12.3 Å². The highest BCUT2D eigenvalue weighted by Gasteiger charge is 2.44. The van der Waals surface area contributed by atoms with E-state index in [-0.39, 0.29) is 23.5 Å². The van der Waals surface area contributed by atoms with Gasteiger partial charge in [-0.2, -0.15) is 0 Å². The van der Waals surface area contributed by atoms with Gasteiger partial charge in [-0.15, -0.1) is 12.4 Å². The number of benzene rings is 1. The summed E-state index contributed by atoms with van der Waals surface area (Å²) in [7, 11) is 0. The van der Waals surface area contributed by atoms with Gasteiger partial charge in [-0.05, 0) is 38.7 Å². The first-order chi connectivity index (χ1) is 9.60. The van der Waals surface area contributed by atoms with Gasteiger partial charge in [-0.25, -0.2) is 0 Å². The lowest BCUT2D eigenvalue weighted by Crippen LogP contribution is -2.60.